The van der Waals surface area contributed by atoms with Crippen LogP contribution in [-0.2, 0) is 0 Å². The molecule has 1 aliphatic carbocycles. The maximum atomic E-state index is 14.5. The van der Waals surface area contributed by atoms with E-state index in [4.69, 9.17) is 21.1 Å². The highest BCUT2D eigenvalue weighted by Gasteiger charge is 2.73. The molecule has 1 spiro atoms. The molecule has 0 saturated carbocycles. The van der Waals surface area contributed by atoms with Crippen molar-refractivity contribution in [3.63, 3.8) is 0 Å². The van der Waals surface area contributed by atoms with Crippen LogP contribution in [-0.4, -0.2) is 34.6 Å². The van der Waals surface area contributed by atoms with Crippen molar-refractivity contribution in [3.8, 4) is 0 Å². The third-order valence-corrected chi connectivity index (χ3v) is 8.07. The number of rotatable bonds is 3. The Hall–Kier alpha value is -4.29. The molecule has 0 unspecified atom stereocenters. The van der Waals surface area contributed by atoms with Crippen molar-refractivity contribution in [2.75, 3.05) is 0 Å². The molecule has 7 heteroatoms. The fraction of sp³-hybridized carbons (Fsp3) is 0.133. The summed E-state index contributed by atoms with van der Waals surface area (Å²) in [5.41, 5.74) is 1.06. The van der Waals surface area contributed by atoms with Crippen molar-refractivity contribution < 1.29 is 18.8 Å². The van der Waals surface area contributed by atoms with E-state index >= 15 is 0 Å². The molecule has 2 aliphatic heterocycles. The summed E-state index contributed by atoms with van der Waals surface area (Å²) in [7, 11) is 0. The number of fused-ring (bicyclic) bond motifs is 5. The lowest BCUT2D eigenvalue weighted by Crippen LogP contribution is -2.43. The highest BCUT2D eigenvalue weighted by molar-refractivity contribution is 6.32. The molecular formula is C30H19ClN2O4. The van der Waals surface area contributed by atoms with Gasteiger partial charge in [0, 0.05) is 21.7 Å². The number of carbonyl (C=O) groups is 3. The number of benzene rings is 3. The zero-order chi connectivity index (χ0) is 25.3. The van der Waals surface area contributed by atoms with Gasteiger partial charge in [-0.15, -0.1) is 0 Å². The lowest BCUT2D eigenvalue weighted by Gasteiger charge is -2.36. The molecule has 180 valence electrons. The number of nitrogens with zero attached hydrogens (tertiary/aromatic N) is 2. The van der Waals surface area contributed by atoms with Gasteiger partial charge in [-0.3, -0.25) is 19.4 Å². The second kappa shape index (κ2) is 7.85. The van der Waals surface area contributed by atoms with E-state index in [1.54, 1.807) is 71.9 Å². The number of hydrogen-bond acceptors (Lipinski definition) is 6. The van der Waals surface area contributed by atoms with Crippen molar-refractivity contribution >= 4 is 35.2 Å². The van der Waals surface area contributed by atoms with Gasteiger partial charge in [0.2, 0.25) is 0 Å². The van der Waals surface area contributed by atoms with E-state index in [0.29, 0.717) is 27.5 Å². The predicted octanol–water partition coefficient (Wildman–Crippen LogP) is 5.74. The van der Waals surface area contributed by atoms with Crippen LogP contribution < -0.4 is 0 Å². The van der Waals surface area contributed by atoms with Crippen LogP contribution in [0.4, 0.5) is 0 Å². The molecule has 6 nitrogen and oxygen atoms in total. The first-order valence-corrected chi connectivity index (χ1v) is 12.3. The molecule has 0 N–H and O–H groups in total. The van der Waals surface area contributed by atoms with E-state index < -0.39 is 23.4 Å². The molecule has 7 rings (SSSR count). The van der Waals surface area contributed by atoms with E-state index in [1.165, 1.54) is 6.26 Å². The number of ketones is 3. The summed E-state index contributed by atoms with van der Waals surface area (Å²) in [6.45, 7) is 0. The lowest BCUT2D eigenvalue weighted by molar-refractivity contribution is 0.0579. The number of furan rings is 1. The average Bonchev–Trinajstić information content (AvgIpc) is 3.62. The molecule has 3 aromatic carbocycles. The van der Waals surface area contributed by atoms with E-state index in [9.17, 15) is 14.4 Å². The molecule has 0 radical (unpaired) electrons. The Balaban J connectivity index is 1.54. The van der Waals surface area contributed by atoms with Gasteiger partial charge in [0.05, 0.1) is 24.4 Å². The first-order valence-electron chi connectivity index (χ1n) is 12.0. The maximum Gasteiger partial charge on any atom is 0.187 e. The minimum Gasteiger partial charge on any atom is -0.469 e. The number of Topliss-reactive ketones (excluding diaryl/α,β-unsaturated/α-hetero) is 3. The molecule has 3 atom stereocenters. The van der Waals surface area contributed by atoms with Gasteiger partial charge in [-0.05, 0) is 47.5 Å². The van der Waals surface area contributed by atoms with Crippen molar-refractivity contribution in [2.24, 2.45) is 10.5 Å². The largest absolute Gasteiger partial charge is 0.469 e. The Kier molecular flexibility index (Phi) is 4.66. The van der Waals surface area contributed by atoms with Gasteiger partial charge in [0.1, 0.15) is 17.2 Å². The van der Waals surface area contributed by atoms with Gasteiger partial charge < -0.3 is 4.42 Å². The molecule has 4 aromatic rings. The summed E-state index contributed by atoms with van der Waals surface area (Å²) in [4.78, 5) is 43.2. The van der Waals surface area contributed by atoms with E-state index in [2.05, 4.69) is 0 Å². The summed E-state index contributed by atoms with van der Waals surface area (Å²) in [5, 5.41) is 6.85. The van der Waals surface area contributed by atoms with E-state index in [-0.39, 0.29) is 17.3 Å². The molecule has 37 heavy (non-hydrogen) atoms. The summed E-state index contributed by atoms with van der Waals surface area (Å²) in [6.07, 6.45) is 3.18. The molecule has 1 saturated heterocycles. The fourth-order valence-electron chi connectivity index (χ4n) is 6.34. The summed E-state index contributed by atoms with van der Waals surface area (Å²) in [6, 6.07) is 22.7. The van der Waals surface area contributed by atoms with Crippen molar-refractivity contribution in [3.05, 3.63) is 130 Å². The first kappa shape index (κ1) is 21.9. The van der Waals surface area contributed by atoms with E-state index in [0.717, 1.165) is 11.1 Å². The van der Waals surface area contributed by atoms with Crippen LogP contribution >= 0.6 is 11.6 Å². The predicted molar refractivity (Wildman–Crippen MR) is 137 cm³/mol. The molecule has 1 fully saturated rings. The minimum absolute atomic E-state index is 0.270. The standard InChI is InChI=1S/C30H19ClN2O4/c31-19-13-11-17(12-14-19)26(34)25-24(23-10-5-15-37-23)30(28(35)21-8-3-4-9-22(21)29(30)36)27-20-7-2-1-6-18(20)16-32-33(25)27/h1-16,24-25,27H/t24-,25-,27-/m1/s1. The van der Waals surface area contributed by atoms with Crippen LogP contribution in [0, 0.1) is 5.41 Å². The Labute approximate surface area is 217 Å². The number of carbonyl (C=O) groups excluding carboxylic acids is 3. The van der Waals surface area contributed by atoms with E-state index in [1.807, 2.05) is 24.3 Å². The zero-order valence-electron chi connectivity index (χ0n) is 19.4. The van der Waals surface area contributed by atoms with Crippen molar-refractivity contribution in [1.82, 2.24) is 5.01 Å². The average molecular weight is 507 g/mol. The van der Waals surface area contributed by atoms with Crippen molar-refractivity contribution in [1.29, 1.82) is 0 Å². The Morgan fingerprint density at radius 2 is 1.54 bits per heavy atom. The van der Waals surface area contributed by atoms with Gasteiger partial charge in [-0.1, -0.05) is 60.1 Å². The number of hydrogen-bond donors (Lipinski definition) is 0. The van der Waals surface area contributed by atoms with Crippen molar-refractivity contribution in [2.45, 2.75) is 18.0 Å². The van der Waals surface area contributed by atoms with Crippen LogP contribution in [0.1, 0.15) is 59.9 Å². The van der Waals surface area contributed by atoms with Crippen LogP contribution in [0.2, 0.25) is 5.02 Å². The SMILES string of the molecule is O=C(c1ccc(Cl)cc1)[C@H]1[C@@H](c2ccco2)C2(C(=O)c3ccccc3C2=O)[C@H]2c3ccccc3C=NN12. The monoisotopic (exact) mass is 506 g/mol. The molecule has 3 aliphatic rings. The molecule has 1 aromatic heterocycles. The van der Waals surface area contributed by atoms with Gasteiger partial charge in [0.15, 0.2) is 17.3 Å². The van der Waals surface area contributed by atoms with Crippen LogP contribution in [0.3, 0.4) is 0 Å². The summed E-state index contributed by atoms with van der Waals surface area (Å²) < 4.78 is 5.87. The Bertz CT molecular complexity index is 1590. The topological polar surface area (TPSA) is 79.9 Å². The lowest BCUT2D eigenvalue weighted by atomic mass is 9.64. The molecule has 0 bridgehead atoms. The Morgan fingerprint density at radius 1 is 0.865 bits per heavy atom. The highest BCUT2D eigenvalue weighted by atomic mass is 35.5. The molecule has 3 heterocycles. The van der Waals surface area contributed by atoms with Crippen LogP contribution in [0.15, 0.2) is 101 Å². The molecular weight excluding hydrogens is 488 g/mol. The quantitative estimate of drug-likeness (QED) is 0.261. The van der Waals surface area contributed by atoms with Gasteiger partial charge in [-0.25, -0.2) is 0 Å². The van der Waals surface area contributed by atoms with Gasteiger partial charge in [-0.2, -0.15) is 5.10 Å². The fourth-order valence-corrected chi connectivity index (χ4v) is 6.46. The summed E-state index contributed by atoms with van der Waals surface area (Å²) in [5.74, 6) is -1.42. The number of hydrazone groups is 1. The first-order chi connectivity index (χ1) is 18.0. The normalized spacial score (nSPS) is 22.7. The highest BCUT2D eigenvalue weighted by Crippen LogP contribution is 2.64. The second-order valence-electron chi connectivity index (χ2n) is 9.54. The van der Waals surface area contributed by atoms with Crippen LogP contribution in [0.25, 0.3) is 0 Å². The maximum absolute atomic E-state index is 14.5. The second-order valence-corrected chi connectivity index (χ2v) is 9.97. The third kappa shape index (κ3) is 2.82. The summed E-state index contributed by atoms with van der Waals surface area (Å²) >= 11 is 6.09. The Morgan fingerprint density at radius 3 is 2.22 bits per heavy atom. The zero-order valence-corrected chi connectivity index (χ0v) is 20.1. The van der Waals surface area contributed by atoms with Gasteiger partial charge in [0.25, 0.3) is 0 Å². The van der Waals surface area contributed by atoms with Gasteiger partial charge >= 0.3 is 0 Å². The van der Waals surface area contributed by atoms with Crippen LogP contribution in [0.5, 0.6) is 0 Å². The smallest absolute Gasteiger partial charge is 0.187 e. The molecule has 0 amide bonds. The minimum atomic E-state index is -1.64. The number of halogens is 1. The third-order valence-electron chi connectivity index (χ3n) is 7.82.